The van der Waals surface area contributed by atoms with Crippen LogP contribution in [-0.2, 0) is 9.53 Å². The lowest BCUT2D eigenvalue weighted by Gasteiger charge is -2.22. The van der Waals surface area contributed by atoms with E-state index >= 15 is 0 Å². The number of nitrogens with one attached hydrogen (secondary N) is 1. The summed E-state index contributed by atoms with van der Waals surface area (Å²) in [6.07, 6.45) is 0.583. The van der Waals surface area contributed by atoms with Crippen molar-refractivity contribution in [2.45, 2.75) is 19.4 Å². The van der Waals surface area contributed by atoms with E-state index in [-0.39, 0.29) is 12.0 Å². The summed E-state index contributed by atoms with van der Waals surface area (Å²) in [6.45, 7) is 3.03. The van der Waals surface area contributed by atoms with Gasteiger partial charge >= 0.3 is 12.0 Å². The van der Waals surface area contributed by atoms with Crippen LogP contribution in [0.2, 0.25) is 0 Å². The molecule has 1 unspecified atom stereocenters. The smallest absolute Gasteiger partial charge is 0.328 e. The average Bonchev–Trinajstić information content (AvgIpc) is 2.53. The maximum atomic E-state index is 11.2. The van der Waals surface area contributed by atoms with Crippen LogP contribution in [0.1, 0.15) is 13.3 Å². The van der Waals surface area contributed by atoms with E-state index in [2.05, 4.69) is 10.1 Å². The number of urea groups is 1. The lowest BCUT2D eigenvalue weighted by molar-refractivity contribution is -0.145. The summed E-state index contributed by atoms with van der Waals surface area (Å²) in [5.41, 5.74) is 0. The standard InChI is InChI=1S/C8H14N2O3/c1-3-6(7(11)13-2)10-5-4-9-8(10)12/h6H,3-5H2,1-2H3,(H,9,12). The first-order valence-electron chi connectivity index (χ1n) is 4.33. The molecule has 1 heterocycles. The lowest BCUT2D eigenvalue weighted by Crippen LogP contribution is -2.43. The van der Waals surface area contributed by atoms with Gasteiger partial charge in [-0.3, -0.25) is 0 Å². The lowest BCUT2D eigenvalue weighted by atomic mass is 10.2. The van der Waals surface area contributed by atoms with Crippen molar-refractivity contribution in [3.05, 3.63) is 0 Å². The van der Waals surface area contributed by atoms with E-state index in [0.29, 0.717) is 19.5 Å². The fraction of sp³-hybridized carbons (Fsp3) is 0.750. The number of carbonyl (C=O) groups is 2. The maximum absolute atomic E-state index is 11.2. The summed E-state index contributed by atoms with van der Waals surface area (Å²) < 4.78 is 4.60. The Balaban J connectivity index is 2.65. The Kier molecular flexibility index (Phi) is 3.11. The number of methoxy groups -OCH3 is 1. The molecule has 13 heavy (non-hydrogen) atoms. The zero-order valence-corrected chi connectivity index (χ0v) is 7.87. The van der Waals surface area contributed by atoms with Gasteiger partial charge in [0.25, 0.3) is 0 Å². The third-order valence-electron chi connectivity index (χ3n) is 2.13. The van der Waals surface area contributed by atoms with Crippen LogP contribution in [0.15, 0.2) is 0 Å². The van der Waals surface area contributed by atoms with E-state index < -0.39 is 6.04 Å². The van der Waals surface area contributed by atoms with Crippen LogP contribution in [0, 0.1) is 0 Å². The van der Waals surface area contributed by atoms with Gasteiger partial charge in [0.15, 0.2) is 0 Å². The topological polar surface area (TPSA) is 58.6 Å². The highest BCUT2D eigenvalue weighted by molar-refractivity contribution is 5.84. The second-order valence-corrected chi connectivity index (χ2v) is 2.87. The Morgan fingerprint density at radius 3 is 2.85 bits per heavy atom. The molecule has 74 valence electrons. The molecule has 1 rings (SSSR count). The first kappa shape index (κ1) is 9.83. The van der Waals surface area contributed by atoms with E-state index in [1.807, 2.05) is 6.92 Å². The molecule has 1 atom stereocenters. The van der Waals surface area contributed by atoms with E-state index in [1.54, 1.807) is 0 Å². The van der Waals surface area contributed by atoms with Crippen molar-refractivity contribution in [1.29, 1.82) is 0 Å². The van der Waals surface area contributed by atoms with Gasteiger partial charge in [0, 0.05) is 13.1 Å². The normalized spacial score (nSPS) is 18.3. The summed E-state index contributed by atoms with van der Waals surface area (Å²) in [7, 11) is 1.33. The average molecular weight is 186 g/mol. The molecule has 0 aliphatic carbocycles. The third kappa shape index (κ3) is 1.91. The van der Waals surface area contributed by atoms with Gasteiger partial charge in [-0.1, -0.05) is 6.92 Å². The first-order valence-corrected chi connectivity index (χ1v) is 4.33. The molecule has 0 aromatic carbocycles. The summed E-state index contributed by atoms with van der Waals surface area (Å²) >= 11 is 0. The van der Waals surface area contributed by atoms with Crippen molar-refractivity contribution < 1.29 is 14.3 Å². The molecule has 0 aromatic rings. The third-order valence-corrected chi connectivity index (χ3v) is 2.13. The molecule has 0 aromatic heterocycles. The van der Waals surface area contributed by atoms with Crippen LogP contribution >= 0.6 is 0 Å². The molecular weight excluding hydrogens is 172 g/mol. The van der Waals surface area contributed by atoms with Gasteiger partial charge in [-0.05, 0) is 6.42 Å². The van der Waals surface area contributed by atoms with E-state index in [1.165, 1.54) is 12.0 Å². The molecule has 0 spiro atoms. The molecule has 1 fully saturated rings. The Morgan fingerprint density at radius 1 is 1.77 bits per heavy atom. The molecule has 1 saturated heterocycles. The predicted molar refractivity (Wildman–Crippen MR) is 46.2 cm³/mol. The number of hydrogen-bond donors (Lipinski definition) is 1. The van der Waals surface area contributed by atoms with Gasteiger partial charge in [0.05, 0.1) is 7.11 Å². The second kappa shape index (κ2) is 4.11. The minimum Gasteiger partial charge on any atom is -0.467 e. The van der Waals surface area contributed by atoms with Crippen LogP contribution in [-0.4, -0.2) is 43.1 Å². The molecule has 1 aliphatic rings. The Morgan fingerprint density at radius 2 is 2.46 bits per heavy atom. The molecule has 0 radical (unpaired) electrons. The van der Waals surface area contributed by atoms with Crippen molar-refractivity contribution in [2.75, 3.05) is 20.2 Å². The highest BCUT2D eigenvalue weighted by Gasteiger charge is 2.31. The Labute approximate surface area is 77.0 Å². The van der Waals surface area contributed by atoms with Crippen molar-refractivity contribution in [3.63, 3.8) is 0 Å². The number of amides is 2. The Hall–Kier alpha value is -1.26. The molecule has 1 N–H and O–H groups in total. The first-order chi connectivity index (χ1) is 6.20. The zero-order chi connectivity index (χ0) is 9.84. The van der Waals surface area contributed by atoms with Crippen molar-refractivity contribution >= 4 is 12.0 Å². The van der Waals surface area contributed by atoms with Crippen LogP contribution in [0.4, 0.5) is 4.79 Å². The molecule has 5 nitrogen and oxygen atoms in total. The summed E-state index contributed by atoms with van der Waals surface area (Å²) in [5, 5.41) is 2.64. The summed E-state index contributed by atoms with van der Waals surface area (Å²) in [4.78, 5) is 23.9. The van der Waals surface area contributed by atoms with Gasteiger partial charge in [-0.15, -0.1) is 0 Å². The highest BCUT2D eigenvalue weighted by Crippen LogP contribution is 2.09. The number of ether oxygens (including phenoxy) is 1. The summed E-state index contributed by atoms with van der Waals surface area (Å²) in [6, 6.07) is -0.621. The van der Waals surface area contributed by atoms with Crippen molar-refractivity contribution in [1.82, 2.24) is 10.2 Å². The van der Waals surface area contributed by atoms with Gasteiger partial charge in [0.2, 0.25) is 0 Å². The fourth-order valence-electron chi connectivity index (χ4n) is 1.43. The quantitative estimate of drug-likeness (QED) is 0.629. The highest BCUT2D eigenvalue weighted by atomic mass is 16.5. The molecular formula is C8H14N2O3. The molecule has 2 amide bonds. The summed E-state index contributed by atoms with van der Waals surface area (Å²) in [5.74, 6) is -0.348. The van der Waals surface area contributed by atoms with Crippen molar-refractivity contribution in [2.24, 2.45) is 0 Å². The Bertz CT molecular complexity index is 217. The van der Waals surface area contributed by atoms with E-state index in [0.717, 1.165) is 0 Å². The molecule has 1 aliphatic heterocycles. The van der Waals surface area contributed by atoms with Crippen LogP contribution < -0.4 is 5.32 Å². The minimum atomic E-state index is -0.438. The SMILES string of the molecule is CCC(C(=O)OC)N1CCNC1=O. The van der Waals surface area contributed by atoms with Gasteiger partial charge < -0.3 is 15.0 Å². The van der Waals surface area contributed by atoms with Crippen LogP contribution in [0.3, 0.4) is 0 Å². The second-order valence-electron chi connectivity index (χ2n) is 2.87. The van der Waals surface area contributed by atoms with Gasteiger partial charge in [0.1, 0.15) is 6.04 Å². The largest absolute Gasteiger partial charge is 0.467 e. The van der Waals surface area contributed by atoms with Crippen LogP contribution in [0.25, 0.3) is 0 Å². The number of esters is 1. The molecule has 0 bridgehead atoms. The monoisotopic (exact) mass is 186 g/mol. The van der Waals surface area contributed by atoms with E-state index in [4.69, 9.17) is 0 Å². The zero-order valence-electron chi connectivity index (χ0n) is 7.87. The number of hydrogen-bond acceptors (Lipinski definition) is 3. The molecule has 0 saturated carbocycles. The number of nitrogens with zero attached hydrogens (tertiary/aromatic N) is 1. The molecule has 5 heteroatoms. The number of carbonyl (C=O) groups excluding carboxylic acids is 2. The number of rotatable bonds is 3. The van der Waals surface area contributed by atoms with Gasteiger partial charge in [-0.2, -0.15) is 0 Å². The maximum Gasteiger partial charge on any atom is 0.328 e. The minimum absolute atomic E-state index is 0.183. The van der Waals surface area contributed by atoms with Crippen LogP contribution in [0.5, 0.6) is 0 Å². The predicted octanol–water partition coefficient (Wildman–Crippen LogP) is -0.0368. The van der Waals surface area contributed by atoms with Gasteiger partial charge in [-0.25, -0.2) is 9.59 Å². The van der Waals surface area contributed by atoms with E-state index in [9.17, 15) is 9.59 Å². The van der Waals surface area contributed by atoms with Crippen molar-refractivity contribution in [3.8, 4) is 0 Å². The fourth-order valence-corrected chi connectivity index (χ4v) is 1.43.